The first-order valence-corrected chi connectivity index (χ1v) is 8.25. The highest BCUT2D eigenvalue weighted by Crippen LogP contribution is 2.53. The van der Waals surface area contributed by atoms with Crippen LogP contribution in [-0.4, -0.2) is 27.8 Å². The summed E-state index contributed by atoms with van der Waals surface area (Å²) in [5.41, 5.74) is 0. The van der Waals surface area contributed by atoms with Crippen molar-refractivity contribution in [3.63, 3.8) is 0 Å². The van der Waals surface area contributed by atoms with E-state index in [9.17, 15) is 4.57 Å². The average molecular weight is 317 g/mol. The maximum absolute atomic E-state index is 11.8. The molecule has 1 aliphatic rings. The molecule has 0 aromatic carbocycles. The van der Waals surface area contributed by atoms with Gasteiger partial charge in [-0.25, -0.2) is 4.57 Å². The predicted molar refractivity (Wildman–Crippen MR) is 80.3 cm³/mol. The van der Waals surface area contributed by atoms with Crippen LogP contribution in [0.2, 0.25) is 0 Å². The molecule has 0 saturated carbocycles. The fourth-order valence-electron chi connectivity index (χ4n) is 0.691. The van der Waals surface area contributed by atoms with E-state index in [2.05, 4.69) is 17.0 Å². The zero-order valence-corrected chi connectivity index (χ0v) is 13.3. The molecule has 10 heteroatoms. The van der Waals surface area contributed by atoms with E-state index in [1.807, 2.05) is 0 Å². The van der Waals surface area contributed by atoms with Gasteiger partial charge in [-0.15, -0.1) is 0 Å². The standard InChI is InChI=1S/C6H12NO3PS2.CNS.H3N/c1-3-9-11(8,10-4-2)7-6-12-5-13-6;2-1-3;/h3-5H2,1-2H3;;1H3/q;-1;/p+1. The molecule has 0 aromatic heterocycles. The number of rotatable bonds is 5. The van der Waals surface area contributed by atoms with Gasteiger partial charge < -0.3 is 11.6 Å². The molecule has 0 atom stereocenters. The van der Waals surface area contributed by atoms with E-state index in [0.29, 0.717) is 13.2 Å². The number of nitrogens with zero attached hydrogens (tertiary/aromatic N) is 2. The maximum Gasteiger partial charge on any atom is 0.455 e. The predicted octanol–water partition coefficient (Wildman–Crippen LogP) is 4.00. The zero-order valence-electron chi connectivity index (χ0n) is 9.91. The Morgan fingerprint density at radius 1 is 1.47 bits per heavy atom. The molecule has 1 fully saturated rings. The third-order valence-electron chi connectivity index (χ3n) is 1.15. The second kappa shape index (κ2) is 11.4. The lowest BCUT2D eigenvalue weighted by Gasteiger charge is -2.17. The number of thioether (sulfide) groups is 2. The summed E-state index contributed by atoms with van der Waals surface area (Å²) in [6.45, 7) is 4.24. The van der Waals surface area contributed by atoms with E-state index in [4.69, 9.17) is 14.5 Å². The lowest BCUT2D eigenvalue weighted by molar-refractivity contribution is 0.221. The van der Waals surface area contributed by atoms with Crippen molar-refractivity contribution < 1.29 is 13.6 Å². The van der Waals surface area contributed by atoms with Crippen molar-refractivity contribution >= 4 is 53.0 Å². The minimum Gasteiger partial charge on any atom is -0.753 e. The molecule has 6 nitrogen and oxygen atoms in total. The molecule has 100 valence electrons. The molecule has 0 unspecified atom stereocenters. The zero-order chi connectivity index (χ0) is 12.4. The van der Waals surface area contributed by atoms with Crippen LogP contribution in [0.1, 0.15) is 13.8 Å². The highest BCUT2D eigenvalue weighted by atomic mass is 32.3. The Bertz CT molecular complexity index is 305. The van der Waals surface area contributed by atoms with Crippen LogP contribution in [-0.2, 0) is 13.6 Å². The monoisotopic (exact) mass is 317 g/mol. The molecule has 1 aliphatic heterocycles. The third kappa shape index (κ3) is 8.93. The first-order valence-electron chi connectivity index (χ1n) is 4.38. The van der Waals surface area contributed by atoms with E-state index < -0.39 is 7.75 Å². The van der Waals surface area contributed by atoms with Gasteiger partial charge in [-0.2, -0.15) is 9.92 Å². The molecule has 17 heavy (non-hydrogen) atoms. The van der Waals surface area contributed by atoms with E-state index in [1.165, 1.54) is 5.16 Å². The van der Waals surface area contributed by atoms with Crippen LogP contribution in [0.5, 0.6) is 0 Å². The SMILES string of the molecule is CCOP(=O)(N=C1SCS1)OCC.[N-]=C=S.[NH4+]. The summed E-state index contributed by atoms with van der Waals surface area (Å²) >= 11 is 6.83. The fourth-order valence-corrected chi connectivity index (χ4v) is 3.69. The molecule has 0 amide bonds. The van der Waals surface area contributed by atoms with Gasteiger partial charge in [0.15, 0.2) is 0 Å². The van der Waals surface area contributed by atoms with Gasteiger partial charge in [-0.3, -0.25) is 9.05 Å². The Hall–Kier alpha value is 0.280. The van der Waals surface area contributed by atoms with Crippen LogP contribution < -0.4 is 6.15 Å². The van der Waals surface area contributed by atoms with Crippen molar-refractivity contribution in [2.45, 2.75) is 13.8 Å². The first kappa shape index (κ1) is 19.6. The van der Waals surface area contributed by atoms with Crippen molar-refractivity contribution in [1.29, 1.82) is 0 Å². The molecular formula is C7H16N3O3PS3. The van der Waals surface area contributed by atoms with Gasteiger partial charge in [0.25, 0.3) is 0 Å². The maximum atomic E-state index is 11.8. The van der Waals surface area contributed by atoms with Crippen LogP contribution in [0.15, 0.2) is 4.76 Å². The smallest absolute Gasteiger partial charge is 0.455 e. The quantitative estimate of drug-likeness (QED) is 0.466. The normalized spacial score (nSPS) is 13.4. The van der Waals surface area contributed by atoms with Crippen LogP contribution in [0.4, 0.5) is 0 Å². The van der Waals surface area contributed by atoms with Crippen LogP contribution in [0.25, 0.3) is 5.41 Å². The van der Waals surface area contributed by atoms with Crippen molar-refractivity contribution in [3.8, 4) is 0 Å². The van der Waals surface area contributed by atoms with Gasteiger partial charge in [0, 0.05) is 0 Å². The summed E-state index contributed by atoms with van der Waals surface area (Å²) in [5, 5.41) is 9.44. The van der Waals surface area contributed by atoms with E-state index in [0.717, 1.165) is 9.46 Å². The number of thiocarbonyl (C=S) groups is 1. The summed E-state index contributed by atoms with van der Waals surface area (Å²) in [7, 11) is -3.19. The van der Waals surface area contributed by atoms with Crippen LogP contribution in [0, 0.1) is 0 Å². The summed E-state index contributed by atoms with van der Waals surface area (Å²) in [6.07, 6.45) is 0. The summed E-state index contributed by atoms with van der Waals surface area (Å²) < 4.78 is 26.5. The summed E-state index contributed by atoms with van der Waals surface area (Å²) in [5.74, 6) is 0. The van der Waals surface area contributed by atoms with Gasteiger partial charge in [-0.05, 0) is 13.8 Å². The number of hydrogen-bond donors (Lipinski definition) is 1. The molecule has 0 radical (unpaired) electrons. The third-order valence-corrected chi connectivity index (χ3v) is 5.36. The lowest BCUT2D eigenvalue weighted by Crippen LogP contribution is -2.01. The number of isothiocyanates is 1. The van der Waals surface area contributed by atoms with Gasteiger partial charge in [-0.1, -0.05) is 35.7 Å². The number of quaternary nitrogens is 1. The Kier molecular flexibility index (Phi) is 13.1. The Balaban J connectivity index is 0. The fraction of sp³-hybridized carbons (Fsp3) is 0.714. The van der Waals surface area contributed by atoms with Crippen molar-refractivity contribution in [2.75, 3.05) is 18.3 Å². The van der Waals surface area contributed by atoms with E-state index in [-0.39, 0.29) is 6.15 Å². The highest BCUT2D eigenvalue weighted by Gasteiger charge is 2.26. The van der Waals surface area contributed by atoms with Gasteiger partial charge in [0.1, 0.15) is 4.38 Å². The lowest BCUT2D eigenvalue weighted by atomic mass is 10.9. The minimum absolute atomic E-state index is 0. The van der Waals surface area contributed by atoms with Crippen molar-refractivity contribution in [2.24, 2.45) is 4.76 Å². The molecule has 0 spiro atoms. The van der Waals surface area contributed by atoms with Crippen molar-refractivity contribution in [1.82, 2.24) is 6.15 Å². The molecular weight excluding hydrogens is 301 g/mol. The highest BCUT2D eigenvalue weighted by molar-refractivity contribution is 8.52. The first-order chi connectivity index (χ1) is 7.61. The van der Waals surface area contributed by atoms with Gasteiger partial charge in [0.2, 0.25) is 0 Å². The Labute approximate surface area is 115 Å². The summed E-state index contributed by atoms with van der Waals surface area (Å²) in [4.78, 5) is 0. The van der Waals surface area contributed by atoms with Gasteiger partial charge in [0.05, 0.1) is 18.3 Å². The van der Waals surface area contributed by atoms with Crippen molar-refractivity contribution in [3.05, 3.63) is 5.41 Å². The largest absolute Gasteiger partial charge is 0.753 e. The minimum atomic E-state index is -3.19. The average Bonchev–Trinajstić information content (AvgIpc) is 2.14. The molecule has 4 N–H and O–H groups in total. The Morgan fingerprint density at radius 3 is 2.12 bits per heavy atom. The number of hydrogen-bond acceptors (Lipinski definition) is 6. The molecule has 0 bridgehead atoms. The second-order valence-electron chi connectivity index (χ2n) is 2.17. The molecule has 0 aromatic rings. The van der Waals surface area contributed by atoms with E-state index in [1.54, 1.807) is 37.4 Å². The van der Waals surface area contributed by atoms with E-state index >= 15 is 0 Å². The molecule has 1 rings (SSSR count). The van der Waals surface area contributed by atoms with Crippen LogP contribution in [0.3, 0.4) is 0 Å². The Morgan fingerprint density at radius 2 is 1.88 bits per heavy atom. The molecule has 0 aliphatic carbocycles. The molecule has 1 saturated heterocycles. The second-order valence-corrected chi connectivity index (χ2v) is 6.56. The van der Waals surface area contributed by atoms with Gasteiger partial charge >= 0.3 is 7.75 Å². The van der Waals surface area contributed by atoms with Crippen LogP contribution >= 0.6 is 43.5 Å². The summed E-state index contributed by atoms with van der Waals surface area (Å²) in [6, 6.07) is 0. The molecule has 1 heterocycles. The topological polar surface area (TPSA) is 107 Å².